The quantitative estimate of drug-likeness (QED) is 0.538. The Balaban J connectivity index is 2.05. The molecule has 1 aliphatic carbocycles. The van der Waals surface area contributed by atoms with Gasteiger partial charge in [-0.25, -0.2) is 0 Å². The number of carbonyl (C=O) groups is 2. The van der Waals surface area contributed by atoms with Gasteiger partial charge in [-0.05, 0) is 54.4 Å². The highest BCUT2D eigenvalue weighted by Crippen LogP contribution is 2.63. The lowest BCUT2D eigenvalue weighted by molar-refractivity contribution is -0.123. The van der Waals surface area contributed by atoms with E-state index in [2.05, 4.69) is 28.1 Å². The summed E-state index contributed by atoms with van der Waals surface area (Å²) in [6.45, 7) is 1.95. The number of methoxy groups -OCH3 is 1. The van der Waals surface area contributed by atoms with Crippen LogP contribution in [0.5, 0.6) is 5.75 Å². The highest BCUT2D eigenvalue weighted by Gasteiger charge is 2.72. The maximum absolute atomic E-state index is 14.0. The van der Waals surface area contributed by atoms with Gasteiger partial charge in [-0.1, -0.05) is 35.4 Å². The van der Waals surface area contributed by atoms with E-state index in [0.29, 0.717) is 39.9 Å². The number of anilines is 1. The predicted octanol–water partition coefficient (Wildman–Crippen LogP) is 4.94. The highest BCUT2D eigenvalue weighted by atomic mass is 79.9. The van der Waals surface area contributed by atoms with Crippen molar-refractivity contribution in [1.29, 1.82) is 10.5 Å². The van der Waals surface area contributed by atoms with E-state index >= 15 is 0 Å². The monoisotopic (exact) mass is 503 g/mol. The number of hydrogen-bond acceptors (Lipinski definition) is 5. The van der Waals surface area contributed by atoms with E-state index in [1.165, 1.54) is 12.0 Å². The molecule has 1 amide bonds. The van der Waals surface area contributed by atoms with Gasteiger partial charge in [0.15, 0.2) is 11.2 Å². The first-order valence-corrected chi connectivity index (χ1v) is 11.4. The number of nitrogens with zero attached hydrogens (tertiary/aromatic N) is 3. The van der Waals surface area contributed by atoms with Crippen LogP contribution in [0.4, 0.5) is 5.69 Å². The number of hydrogen-bond donors (Lipinski definition) is 0. The minimum atomic E-state index is -1.75. The van der Waals surface area contributed by atoms with E-state index in [9.17, 15) is 20.1 Å². The highest BCUT2D eigenvalue weighted by molar-refractivity contribution is 9.10. The molecular formula is C26H22BrN3O3. The second kappa shape index (κ2) is 8.17. The van der Waals surface area contributed by atoms with Crippen LogP contribution in [0.15, 0.2) is 58.6 Å². The van der Waals surface area contributed by atoms with E-state index in [4.69, 9.17) is 4.74 Å². The normalized spacial score (nSPS) is 22.5. The second-order valence-electron chi connectivity index (χ2n) is 8.34. The zero-order valence-electron chi connectivity index (χ0n) is 18.6. The average molecular weight is 504 g/mol. The van der Waals surface area contributed by atoms with Crippen LogP contribution >= 0.6 is 15.9 Å². The summed E-state index contributed by atoms with van der Waals surface area (Å²) in [5, 5.41) is 20.9. The van der Waals surface area contributed by atoms with Crippen LogP contribution in [0, 0.1) is 34.0 Å². The van der Waals surface area contributed by atoms with Gasteiger partial charge < -0.3 is 9.64 Å². The van der Waals surface area contributed by atoms with Crippen molar-refractivity contribution in [2.75, 3.05) is 19.1 Å². The summed E-state index contributed by atoms with van der Waals surface area (Å²) in [4.78, 5) is 29.4. The summed E-state index contributed by atoms with van der Waals surface area (Å²) in [7, 11) is 3.16. The Morgan fingerprint density at radius 2 is 1.85 bits per heavy atom. The minimum absolute atomic E-state index is 0.183. The van der Waals surface area contributed by atoms with E-state index in [1.54, 1.807) is 55.6 Å². The first kappa shape index (κ1) is 22.8. The number of Topliss-reactive ketones (excluding diaryl/α,β-unsaturated/α-hetero) is 1. The number of benzene rings is 2. The number of likely N-dealkylation sites (N-methyl/N-ethyl adjacent to an activating group) is 1. The number of ether oxygens (including phenoxy) is 1. The summed E-state index contributed by atoms with van der Waals surface area (Å²) < 4.78 is 5.90. The van der Waals surface area contributed by atoms with Crippen LogP contribution in [0.3, 0.4) is 0 Å². The van der Waals surface area contributed by atoms with Crippen LogP contribution in [-0.2, 0) is 10.2 Å². The molecule has 166 valence electrons. The summed E-state index contributed by atoms with van der Waals surface area (Å²) in [6, 6.07) is 16.4. The topological polar surface area (TPSA) is 94.2 Å². The van der Waals surface area contributed by atoms with Crippen molar-refractivity contribution in [3.05, 3.63) is 69.7 Å². The molecule has 0 bridgehead atoms. The fourth-order valence-electron chi connectivity index (χ4n) is 5.27. The molecule has 2 atom stereocenters. The SMILES string of the molecule is CCC[C@H]1C=C(C(=O)c2ccc(OC)cc2)[C@]2(C(=O)N(C)c3ccc(Br)cc32)C1(C#N)C#N. The summed E-state index contributed by atoms with van der Waals surface area (Å²) in [6.07, 6.45) is 2.90. The molecule has 6 nitrogen and oxygen atoms in total. The molecule has 0 saturated carbocycles. The minimum Gasteiger partial charge on any atom is -0.497 e. The Morgan fingerprint density at radius 1 is 1.18 bits per heavy atom. The number of carbonyl (C=O) groups excluding carboxylic acids is 2. The lowest BCUT2D eigenvalue weighted by atomic mass is 9.57. The maximum atomic E-state index is 14.0. The summed E-state index contributed by atoms with van der Waals surface area (Å²) in [5.41, 5.74) is -1.84. The second-order valence-corrected chi connectivity index (χ2v) is 9.26. The predicted molar refractivity (Wildman–Crippen MR) is 127 cm³/mol. The van der Waals surface area contributed by atoms with Crippen LogP contribution < -0.4 is 9.64 Å². The number of allylic oxidation sites excluding steroid dienone is 1. The molecule has 1 heterocycles. The molecule has 0 saturated heterocycles. The number of amides is 1. The Labute approximate surface area is 201 Å². The molecular weight excluding hydrogens is 482 g/mol. The molecule has 0 aromatic heterocycles. The van der Waals surface area contributed by atoms with E-state index in [0.717, 1.165) is 0 Å². The zero-order chi connectivity index (χ0) is 24.0. The fourth-order valence-corrected chi connectivity index (χ4v) is 5.63. The standard InChI is InChI=1S/C26H22BrN3O3/c1-4-5-17-12-21(23(31)16-6-9-19(33-3)10-7-16)26(25(17,14-28)15-29)20-13-18(27)8-11-22(20)30(2)24(26)32/h6-13,17H,4-5H2,1-3H3/t17-,26+/m0/s1. The molecule has 2 aromatic rings. The van der Waals surface area contributed by atoms with Crippen molar-refractivity contribution in [2.24, 2.45) is 11.3 Å². The van der Waals surface area contributed by atoms with Gasteiger partial charge in [-0.2, -0.15) is 10.5 Å². The third-order valence-electron chi connectivity index (χ3n) is 6.82. The lowest BCUT2D eigenvalue weighted by Crippen LogP contribution is -2.53. The molecule has 33 heavy (non-hydrogen) atoms. The van der Waals surface area contributed by atoms with Crippen molar-refractivity contribution in [3.8, 4) is 17.9 Å². The van der Waals surface area contributed by atoms with Crippen LogP contribution in [0.1, 0.15) is 35.7 Å². The van der Waals surface area contributed by atoms with E-state index in [1.807, 2.05) is 6.92 Å². The van der Waals surface area contributed by atoms with Gasteiger partial charge in [0.2, 0.25) is 5.91 Å². The van der Waals surface area contributed by atoms with Gasteiger partial charge in [0.1, 0.15) is 11.2 Å². The lowest BCUT2D eigenvalue weighted by Gasteiger charge is -2.37. The Morgan fingerprint density at radius 3 is 2.42 bits per heavy atom. The zero-order valence-corrected chi connectivity index (χ0v) is 20.1. The van der Waals surface area contributed by atoms with Crippen LogP contribution in [0.25, 0.3) is 0 Å². The fraction of sp³-hybridized carbons (Fsp3) is 0.308. The van der Waals surface area contributed by atoms with Crippen molar-refractivity contribution in [3.63, 3.8) is 0 Å². The van der Waals surface area contributed by atoms with Gasteiger partial charge in [0.05, 0.1) is 19.2 Å². The van der Waals surface area contributed by atoms with Gasteiger partial charge >= 0.3 is 0 Å². The molecule has 7 heteroatoms. The Kier molecular flexibility index (Phi) is 5.64. The maximum Gasteiger partial charge on any atom is 0.244 e. The number of nitriles is 2. The molecule has 2 aromatic carbocycles. The van der Waals surface area contributed by atoms with E-state index in [-0.39, 0.29) is 11.4 Å². The number of fused-ring (bicyclic) bond motifs is 2. The molecule has 2 aliphatic rings. The molecule has 0 radical (unpaired) electrons. The number of halogens is 1. The first-order valence-electron chi connectivity index (χ1n) is 10.6. The van der Waals surface area contributed by atoms with E-state index < -0.39 is 22.7 Å². The molecule has 4 rings (SSSR count). The smallest absolute Gasteiger partial charge is 0.244 e. The van der Waals surface area contributed by atoms with Crippen molar-refractivity contribution < 1.29 is 14.3 Å². The Bertz CT molecular complexity index is 1260. The Hall–Kier alpha value is -3.42. The third kappa shape index (κ3) is 2.89. The van der Waals surface area contributed by atoms with Crippen LogP contribution in [-0.4, -0.2) is 25.8 Å². The molecule has 1 spiro atoms. The van der Waals surface area contributed by atoms with Gasteiger partial charge in [-0.3, -0.25) is 9.59 Å². The first-order chi connectivity index (χ1) is 15.8. The van der Waals surface area contributed by atoms with Crippen LogP contribution in [0.2, 0.25) is 0 Å². The average Bonchev–Trinajstić information content (AvgIpc) is 3.24. The number of ketones is 1. The van der Waals surface area contributed by atoms with Gasteiger partial charge in [0, 0.05) is 34.3 Å². The number of rotatable bonds is 5. The summed E-state index contributed by atoms with van der Waals surface area (Å²) in [5.74, 6) is -0.789. The summed E-state index contributed by atoms with van der Waals surface area (Å²) >= 11 is 3.47. The molecule has 0 fully saturated rings. The van der Waals surface area contributed by atoms with Crippen molar-refractivity contribution in [2.45, 2.75) is 25.2 Å². The molecule has 0 N–H and O–H groups in total. The van der Waals surface area contributed by atoms with Crippen molar-refractivity contribution >= 4 is 33.3 Å². The largest absolute Gasteiger partial charge is 0.497 e. The molecule has 0 unspecified atom stereocenters. The third-order valence-corrected chi connectivity index (χ3v) is 7.31. The van der Waals surface area contributed by atoms with Gasteiger partial charge in [-0.15, -0.1) is 0 Å². The van der Waals surface area contributed by atoms with Crippen molar-refractivity contribution in [1.82, 2.24) is 0 Å². The van der Waals surface area contributed by atoms with Gasteiger partial charge in [0.25, 0.3) is 0 Å². The molecule has 1 aliphatic heterocycles.